The Balaban J connectivity index is 2.11. The lowest BCUT2D eigenvalue weighted by molar-refractivity contribution is 0.414. The Morgan fingerprint density at radius 3 is 2.53 bits per heavy atom. The minimum atomic E-state index is -0.0208. The van der Waals surface area contributed by atoms with Crippen LogP contribution < -0.4 is 4.74 Å². The highest BCUT2D eigenvalue weighted by molar-refractivity contribution is 6.20. The van der Waals surface area contributed by atoms with Crippen LogP contribution in [-0.2, 0) is 6.42 Å². The summed E-state index contributed by atoms with van der Waals surface area (Å²) in [5.41, 5.74) is 2.34. The molecule has 0 saturated heterocycles. The van der Waals surface area contributed by atoms with Crippen molar-refractivity contribution in [1.82, 2.24) is 0 Å². The summed E-state index contributed by atoms with van der Waals surface area (Å²) in [5.74, 6) is 0.848. The SMILES string of the molecule is COc1cccc(C(Cl)Cc2ccccc2)c1. The van der Waals surface area contributed by atoms with Crippen LogP contribution in [0.1, 0.15) is 16.5 Å². The number of benzene rings is 2. The van der Waals surface area contributed by atoms with Crippen molar-refractivity contribution in [2.75, 3.05) is 7.11 Å². The highest BCUT2D eigenvalue weighted by Crippen LogP contribution is 2.27. The second-order valence-electron chi connectivity index (χ2n) is 3.93. The number of ether oxygens (including phenoxy) is 1. The van der Waals surface area contributed by atoms with E-state index < -0.39 is 0 Å². The molecule has 0 amide bonds. The molecule has 88 valence electrons. The second-order valence-corrected chi connectivity index (χ2v) is 4.46. The summed E-state index contributed by atoms with van der Waals surface area (Å²) in [6.07, 6.45) is 0.829. The van der Waals surface area contributed by atoms with E-state index in [-0.39, 0.29) is 5.38 Å². The van der Waals surface area contributed by atoms with Crippen LogP contribution in [0.4, 0.5) is 0 Å². The molecule has 0 aliphatic heterocycles. The molecule has 0 fully saturated rings. The average Bonchev–Trinajstić information content (AvgIpc) is 2.40. The van der Waals surface area contributed by atoms with Crippen LogP contribution >= 0.6 is 11.6 Å². The standard InChI is InChI=1S/C15H15ClO/c1-17-14-9-5-8-13(11-14)15(16)10-12-6-3-2-4-7-12/h2-9,11,15H,10H2,1H3. The predicted octanol–water partition coefficient (Wildman–Crippen LogP) is 4.22. The average molecular weight is 247 g/mol. The Hall–Kier alpha value is -1.47. The lowest BCUT2D eigenvalue weighted by atomic mass is 10.0. The van der Waals surface area contributed by atoms with Gasteiger partial charge in [-0.1, -0.05) is 42.5 Å². The predicted molar refractivity (Wildman–Crippen MR) is 71.7 cm³/mol. The molecule has 0 radical (unpaired) electrons. The van der Waals surface area contributed by atoms with E-state index in [1.54, 1.807) is 7.11 Å². The van der Waals surface area contributed by atoms with Crippen molar-refractivity contribution in [1.29, 1.82) is 0 Å². The topological polar surface area (TPSA) is 9.23 Å². The fourth-order valence-electron chi connectivity index (χ4n) is 1.78. The Kier molecular flexibility index (Phi) is 4.05. The zero-order valence-corrected chi connectivity index (χ0v) is 10.5. The van der Waals surface area contributed by atoms with Crippen molar-refractivity contribution in [3.8, 4) is 5.75 Å². The van der Waals surface area contributed by atoms with Gasteiger partial charge in [0.25, 0.3) is 0 Å². The minimum absolute atomic E-state index is 0.0208. The van der Waals surface area contributed by atoms with Crippen LogP contribution in [-0.4, -0.2) is 7.11 Å². The maximum atomic E-state index is 6.41. The molecule has 0 aliphatic rings. The molecule has 1 atom stereocenters. The van der Waals surface area contributed by atoms with Gasteiger partial charge in [0.2, 0.25) is 0 Å². The van der Waals surface area contributed by atoms with Crippen molar-refractivity contribution < 1.29 is 4.74 Å². The Bertz CT molecular complexity index is 467. The van der Waals surface area contributed by atoms with Crippen LogP contribution in [0.15, 0.2) is 54.6 Å². The molecule has 2 aromatic rings. The third-order valence-corrected chi connectivity index (χ3v) is 3.12. The third kappa shape index (κ3) is 3.24. The number of hydrogen-bond donors (Lipinski definition) is 0. The fraction of sp³-hybridized carbons (Fsp3) is 0.200. The summed E-state index contributed by atoms with van der Waals surface area (Å²) in [6, 6.07) is 18.2. The molecular weight excluding hydrogens is 232 g/mol. The number of methoxy groups -OCH3 is 1. The normalized spacial score (nSPS) is 12.1. The van der Waals surface area contributed by atoms with Crippen molar-refractivity contribution in [3.63, 3.8) is 0 Å². The van der Waals surface area contributed by atoms with Gasteiger partial charge in [-0.3, -0.25) is 0 Å². The number of hydrogen-bond acceptors (Lipinski definition) is 1. The van der Waals surface area contributed by atoms with E-state index in [0.29, 0.717) is 0 Å². The first-order valence-electron chi connectivity index (χ1n) is 5.61. The highest BCUT2D eigenvalue weighted by Gasteiger charge is 2.09. The summed E-state index contributed by atoms with van der Waals surface area (Å²) in [5, 5.41) is -0.0208. The second kappa shape index (κ2) is 5.74. The largest absolute Gasteiger partial charge is 0.497 e. The molecule has 0 saturated carbocycles. The van der Waals surface area contributed by atoms with E-state index >= 15 is 0 Å². The molecule has 2 heteroatoms. The van der Waals surface area contributed by atoms with Crippen LogP contribution in [0.5, 0.6) is 5.75 Å². The Morgan fingerprint density at radius 1 is 1.06 bits per heavy atom. The molecule has 1 nitrogen and oxygen atoms in total. The van der Waals surface area contributed by atoms with Crippen LogP contribution in [0.25, 0.3) is 0 Å². The first-order chi connectivity index (χ1) is 8.29. The third-order valence-electron chi connectivity index (χ3n) is 2.71. The maximum absolute atomic E-state index is 6.41. The van der Waals surface area contributed by atoms with Gasteiger partial charge < -0.3 is 4.74 Å². The first-order valence-corrected chi connectivity index (χ1v) is 6.05. The maximum Gasteiger partial charge on any atom is 0.119 e. The molecule has 0 heterocycles. The zero-order chi connectivity index (χ0) is 12.1. The van der Waals surface area contributed by atoms with Gasteiger partial charge in [-0.25, -0.2) is 0 Å². The van der Waals surface area contributed by atoms with E-state index in [1.165, 1.54) is 5.56 Å². The summed E-state index contributed by atoms with van der Waals surface area (Å²) in [7, 11) is 1.67. The van der Waals surface area contributed by atoms with E-state index in [9.17, 15) is 0 Å². The van der Waals surface area contributed by atoms with Crippen molar-refractivity contribution >= 4 is 11.6 Å². The van der Waals surface area contributed by atoms with Crippen LogP contribution in [0, 0.1) is 0 Å². The minimum Gasteiger partial charge on any atom is -0.497 e. The van der Waals surface area contributed by atoms with Gasteiger partial charge in [-0.2, -0.15) is 0 Å². The Morgan fingerprint density at radius 2 is 1.82 bits per heavy atom. The fourth-order valence-corrected chi connectivity index (χ4v) is 2.09. The monoisotopic (exact) mass is 246 g/mol. The van der Waals surface area contributed by atoms with Gasteiger partial charge in [-0.05, 0) is 29.7 Å². The first kappa shape index (κ1) is 12.0. The van der Waals surface area contributed by atoms with Gasteiger partial charge in [0.05, 0.1) is 12.5 Å². The number of rotatable bonds is 4. The van der Waals surface area contributed by atoms with Crippen molar-refractivity contribution in [2.45, 2.75) is 11.8 Å². The lowest BCUT2D eigenvalue weighted by Crippen LogP contribution is -1.96. The molecule has 1 unspecified atom stereocenters. The quantitative estimate of drug-likeness (QED) is 0.734. The molecule has 0 bridgehead atoms. The van der Waals surface area contributed by atoms with Gasteiger partial charge in [0.1, 0.15) is 5.75 Å². The Labute approximate surface area is 107 Å². The number of alkyl halides is 1. The molecule has 2 rings (SSSR count). The van der Waals surface area contributed by atoms with Crippen molar-refractivity contribution in [2.24, 2.45) is 0 Å². The molecule has 0 aromatic heterocycles. The van der Waals surface area contributed by atoms with E-state index in [4.69, 9.17) is 16.3 Å². The number of halogens is 1. The van der Waals surface area contributed by atoms with Gasteiger partial charge in [-0.15, -0.1) is 11.6 Å². The van der Waals surface area contributed by atoms with Gasteiger partial charge >= 0.3 is 0 Å². The van der Waals surface area contributed by atoms with Gasteiger partial charge in [0.15, 0.2) is 0 Å². The smallest absolute Gasteiger partial charge is 0.119 e. The zero-order valence-electron chi connectivity index (χ0n) is 9.77. The summed E-state index contributed by atoms with van der Waals surface area (Å²) < 4.78 is 5.20. The van der Waals surface area contributed by atoms with Crippen LogP contribution in [0.3, 0.4) is 0 Å². The molecule has 0 aliphatic carbocycles. The highest BCUT2D eigenvalue weighted by atomic mass is 35.5. The lowest BCUT2D eigenvalue weighted by Gasteiger charge is -2.11. The summed E-state index contributed by atoms with van der Waals surface area (Å²) in [6.45, 7) is 0. The molecule has 0 spiro atoms. The summed E-state index contributed by atoms with van der Waals surface area (Å²) >= 11 is 6.41. The molecule has 0 N–H and O–H groups in total. The van der Waals surface area contributed by atoms with E-state index in [2.05, 4.69) is 12.1 Å². The van der Waals surface area contributed by atoms with Gasteiger partial charge in [0, 0.05) is 0 Å². The molecule has 17 heavy (non-hydrogen) atoms. The van der Waals surface area contributed by atoms with Crippen molar-refractivity contribution in [3.05, 3.63) is 65.7 Å². The van der Waals surface area contributed by atoms with Crippen LogP contribution in [0.2, 0.25) is 0 Å². The van der Waals surface area contributed by atoms with E-state index in [1.807, 2.05) is 42.5 Å². The summed E-state index contributed by atoms with van der Waals surface area (Å²) in [4.78, 5) is 0. The van der Waals surface area contributed by atoms with E-state index in [0.717, 1.165) is 17.7 Å². The molecule has 2 aromatic carbocycles. The molecular formula is C15H15ClO.